The minimum Gasteiger partial charge on any atom is -0.410 e. The lowest BCUT2D eigenvalue weighted by molar-refractivity contribution is -0.115. The Morgan fingerprint density at radius 3 is 2.53 bits per heavy atom. The molecule has 2 amide bonds. The number of para-hydroxylation sites is 1. The first-order valence-corrected chi connectivity index (χ1v) is 6.20. The standard InChI is InChI=1S/C14H16N2O3/c15-12(10-5-4-6-10)9-13(17)16-14(18)19-11-7-2-1-3-8-11/h1-3,7-10H,4-6,15H2,(H,16,17,18). The number of hydrogen-bond donors (Lipinski definition) is 2. The first kappa shape index (κ1) is 13.1. The van der Waals surface area contributed by atoms with Crippen molar-refractivity contribution in [1.29, 1.82) is 0 Å². The maximum atomic E-state index is 11.5. The number of ether oxygens (including phenoxy) is 1. The summed E-state index contributed by atoms with van der Waals surface area (Å²) in [4.78, 5) is 23.0. The molecule has 0 bridgehead atoms. The molecule has 1 aliphatic carbocycles. The fourth-order valence-corrected chi connectivity index (χ4v) is 1.77. The molecule has 1 aromatic rings. The van der Waals surface area contributed by atoms with Crippen molar-refractivity contribution in [3.63, 3.8) is 0 Å². The van der Waals surface area contributed by atoms with Crippen LogP contribution in [0.4, 0.5) is 4.79 Å². The van der Waals surface area contributed by atoms with Crippen LogP contribution in [0.2, 0.25) is 0 Å². The quantitative estimate of drug-likeness (QED) is 0.814. The molecule has 0 aliphatic heterocycles. The van der Waals surface area contributed by atoms with Gasteiger partial charge in [-0.3, -0.25) is 10.1 Å². The molecule has 0 heterocycles. The number of imide groups is 1. The van der Waals surface area contributed by atoms with E-state index in [1.807, 2.05) is 0 Å². The second-order valence-electron chi connectivity index (χ2n) is 4.46. The lowest BCUT2D eigenvalue weighted by Gasteiger charge is -2.25. The van der Waals surface area contributed by atoms with Crippen LogP contribution < -0.4 is 15.8 Å². The van der Waals surface area contributed by atoms with E-state index in [0.717, 1.165) is 19.3 Å². The van der Waals surface area contributed by atoms with Gasteiger partial charge in [-0.25, -0.2) is 4.79 Å². The van der Waals surface area contributed by atoms with Crippen LogP contribution in [0, 0.1) is 5.92 Å². The zero-order valence-electron chi connectivity index (χ0n) is 10.5. The van der Waals surface area contributed by atoms with Crippen LogP contribution in [0.25, 0.3) is 0 Å². The number of carbonyl (C=O) groups is 2. The van der Waals surface area contributed by atoms with E-state index in [9.17, 15) is 9.59 Å². The first-order valence-electron chi connectivity index (χ1n) is 6.20. The van der Waals surface area contributed by atoms with Gasteiger partial charge < -0.3 is 10.5 Å². The Morgan fingerprint density at radius 1 is 1.26 bits per heavy atom. The molecule has 2 rings (SSSR count). The SMILES string of the molecule is NC(=CC(=O)NC(=O)Oc1ccccc1)C1CCC1. The average Bonchev–Trinajstić information content (AvgIpc) is 2.26. The van der Waals surface area contributed by atoms with Gasteiger partial charge in [0.05, 0.1) is 0 Å². The van der Waals surface area contributed by atoms with E-state index >= 15 is 0 Å². The largest absolute Gasteiger partial charge is 0.419 e. The van der Waals surface area contributed by atoms with Crippen molar-refractivity contribution in [2.45, 2.75) is 19.3 Å². The number of allylic oxidation sites excluding steroid dienone is 1. The van der Waals surface area contributed by atoms with Crippen molar-refractivity contribution in [3.05, 3.63) is 42.1 Å². The number of carbonyl (C=O) groups excluding carboxylic acids is 2. The van der Waals surface area contributed by atoms with Crippen molar-refractivity contribution < 1.29 is 14.3 Å². The maximum Gasteiger partial charge on any atom is 0.419 e. The molecule has 1 saturated carbocycles. The number of hydrogen-bond acceptors (Lipinski definition) is 4. The topological polar surface area (TPSA) is 81.4 Å². The predicted octanol–water partition coefficient (Wildman–Crippen LogP) is 1.94. The average molecular weight is 260 g/mol. The summed E-state index contributed by atoms with van der Waals surface area (Å²) < 4.78 is 4.93. The monoisotopic (exact) mass is 260 g/mol. The molecule has 0 saturated heterocycles. The van der Waals surface area contributed by atoms with Crippen LogP contribution in [0.15, 0.2) is 42.1 Å². The summed E-state index contributed by atoms with van der Waals surface area (Å²) in [7, 11) is 0. The molecular formula is C14H16N2O3. The zero-order chi connectivity index (χ0) is 13.7. The molecule has 0 unspecified atom stereocenters. The van der Waals surface area contributed by atoms with Gasteiger partial charge in [-0.2, -0.15) is 0 Å². The lowest BCUT2D eigenvalue weighted by Crippen LogP contribution is -2.33. The summed E-state index contributed by atoms with van der Waals surface area (Å²) in [5.41, 5.74) is 6.28. The van der Waals surface area contributed by atoms with Gasteiger partial charge in [0, 0.05) is 11.8 Å². The Hall–Kier alpha value is -2.30. The van der Waals surface area contributed by atoms with Crippen molar-refractivity contribution in [3.8, 4) is 5.75 Å². The highest BCUT2D eigenvalue weighted by atomic mass is 16.6. The number of amides is 2. The minimum atomic E-state index is -0.811. The van der Waals surface area contributed by atoms with Crippen molar-refractivity contribution >= 4 is 12.0 Å². The lowest BCUT2D eigenvalue weighted by atomic mass is 9.83. The van der Waals surface area contributed by atoms with Gasteiger partial charge in [0.25, 0.3) is 5.91 Å². The van der Waals surface area contributed by atoms with Crippen LogP contribution in [0.5, 0.6) is 5.75 Å². The van der Waals surface area contributed by atoms with E-state index in [0.29, 0.717) is 11.4 Å². The van der Waals surface area contributed by atoms with Crippen molar-refractivity contribution in [2.75, 3.05) is 0 Å². The van der Waals surface area contributed by atoms with Crippen molar-refractivity contribution in [2.24, 2.45) is 11.7 Å². The molecule has 3 N–H and O–H groups in total. The van der Waals surface area contributed by atoms with E-state index < -0.39 is 12.0 Å². The van der Waals surface area contributed by atoms with E-state index in [2.05, 4.69) is 5.32 Å². The van der Waals surface area contributed by atoms with E-state index in [1.54, 1.807) is 30.3 Å². The van der Waals surface area contributed by atoms with Gasteiger partial charge in [-0.1, -0.05) is 24.6 Å². The van der Waals surface area contributed by atoms with E-state index in [-0.39, 0.29) is 5.92 Å². The van der Waals surface area contributed by atoms with Crippen molar-refractivity contribution in [1.82, 2.24) is 5.32 Å². The fourth-order valence-electron chi connectivity index (χ4n) is 1.77. The second kappa shape index (κ2) is 6.04. The van der Waals surface area contributed by atoms with Crippen LogP contribution in [0.1, 0.15) is 19.3 Å². The van der Waals surface area contributed by atoms with Crippen LogP contribution in [-0.2, 0) is 4.79 Å². The van der Waals surface area contributed by atoms with E-state index in [4.69, 9.17) is 10.5 Å². The Morgan fingerprint density at radius 2 is 1.95 bits per heavy atom. The Labute approximate surface area is 111 Å². The Kier molecular flexibility index (Phi) is 4.18. The summed E-state index contributed by atoms with van der Waals surface area (Å²) in [5.74, 6) is 0.102. The second-order valence-corrected chi connectivity index (χ2v) is 4.46. The smallest absolute Gasteiger partial charge is 0.410 e. The third kappa shape index (κ3) is 3.84. The Balaban J connectivity index is 1.83. The normalized spacial score (nSPS) is 15.5. The van der Waals surface area contributed by atoms with Gasteiger partial charge in [-0.15, -0.1) is 0 Å². The summed E-state index contributed by atoms with van der Waals surface area (Å²) in [6, 6.07) is 8.53. The molecule has 0 spiro atoms. The number of nitrogens with one attached hydrogen (secondary N) is 1. The van der Waals surface area contributed by atoms with Gasteiger partial charge in [0.1, 0.15) is 5.75 Å². The fraction of sp³-hybridized carbons (Fsp3) is 0.286. The Bertz CT molecular complexity index is 493. The number of benzene rings is 1. The number of nitrogens with two attached hydrogens (primary N) is 1. The summed E-state index contributed by atoms with van der Waals surface area (Å²) in [5, 5.41) is 2.11. The molecule has 19 heavy (non-hydrogen) atoms. The van der Waals surface area contributed by atoms with Gasteiger partial charge >= 0.3 is 6.09 Å². The maximum absolute atomic E-state index is 11.5. The van der Waals surface area contributed by atoms with Gasteiger partial charge in [-0.05, 0) is 30.9 Å². The summed E-state index contributed by atoms with van der Waals surface area (Å²) >= 11 is 0. The number of rotatable bonds is 3. The van der Waals surface area contributed by atoms with Crippen LogP contribution in [0.3, 0.4) is 0 Å². The highest BCUT2D eigenvalue weighted by molar-refractivity contribution is 5.99. The first-order chi connectivity index (χ1) is 9.15. The molecule has 100 valence electrons. The zero-order valence-corrected chi connectivity index (χ0v) is 10.5. The van der Waals surface area contributed by atoms with Crippen LogP contribution in [-0.4, -0.2) is 12.0 Å². The molecule has 1 aromatic carbocycles. The molecule has 5 nitrogen and oxygen atoms in total. The third-order valence-electron chi connectivity index (χ3n) is 3.05. The molecule has 0 radical (unpaired) electrons. The molecule has 1 aliphatic rings. The van der Waals surface area contributed by atoms with Gasteiger partial charge in [0.2, 0.25) is 0 Å². The van der Waals surface area contributed by atoms with Crippen LogP contribution >= 0.6 is 0 Å². The molecule has 0 aromatic heterocycles. The highest BCUT2D eigenvalue weighted by Crippen LogP contribution is 2.30. The molecule has 0 atom stereocenters. The van der Waals surface area contributed by atoms with E-state index in [1.165, 1.54) is 6.08 Å². The summed E-state index contributed by atoms with van der Waals surface area (Å²) in [6.07, 6.45) is 3.59. The molecular weight excluding hydrogens is 244 g/mol. The minimum absolute atomic E-state index is 0.274. The molecule has 5 heteroatoms. The highest BCUT2D eigenvalue weighted by Gasteiger charge is 2.20. The summed E-state index contributed by atoms with van der Waals surface area (Å²) in [6.45, 7) is 0. The predicted molar refractivity (Wildman–Crippen MR) is 70.2 cm³/mol. The molecule has 1 fully saturated rings. The third-order valence-corrected chi connectivity index (χ3v) is 3.05. The van der Waals surface area contributed by atoms with Gasteiger partial charge in [0.15, 0.2) is 0 Å².